The summed E-state index contributed by atoms with van der Waals surface area (Å²) in [7, 11) is 0. The standard InChI is InChI=1S/C11H18O/c1-2-3-4-5-6-7-8-9-10-11-12/h2-3,6-7,10-12H,4-5,8-9H2,1H3/b3-2+,7-6+,11-10+. The fourth-order valence-electron chi connectivity index (χ4n) is 0.862. The maximum atomic E-state index is 8.33. The molecule has 0 heterocycles. The van der Waals surface area contributed by atoms with Crippen LogP contribution in [0.15, 0.2) is 36.6 Å². The van der Waals surface area contributed by atoms with Gasteiger partial charge in [0.25, 0.3) is 0 Å². The smallest absolute Gasteiger partial charge is 0.0751 e. The van der Waals surface area contributed by atoms with Gasteiger partial charge in [-0.05, 0) is 38.7 Å². The highest BCUT2D eigenvalue weighted by atomic mass is 16.2. The molecule has 0 aliphatic heterocycles. The van der Waals surface area contributed by atoms with Gasteiger partial charge < -0.3 is 5.11 Å². The van der Waals surface area contributed by atoms with Crippen molar-refractivity contribution in [3.8, 4) is 0 Å². The van der Waals surface area contributed by atoms with Gasteiger partial charge in [-0.15, -0.1) is 0 Å². The average Bonchev–Trinajstić information content (AvgIpc) is 2.10. The molecule has 12 heavy (non-hydrogen) atoms. The zero-order valence-corrected chi connectivity index (χ0v) is 7.74. The largest absolute Gasteiger partial charge is 0.516 e. The van der Waals surface area contributed by atoms with Crippen LogP contribution in [0.2, 0.25) is 0 Å². The van der Waals surface area contributed by atoms with Crippen molar-refractivity contribution in [1.82, 2.24) is 0 Å². The molecule has 0 aliphatic carbocycles. The number of aliphatic hydroxyl groups is 1. The van der Waals surface area contributed by atoms with Gasteiger partial charge in [-0.1, -0.05) is 24.3 Å². The van der Waals surface area contributed by atoms with Gasteiger partial charge in [-0.25, -0.2) is 0 Å². The van der Waals surface area contributed by atoms with Crippen molar-refractivity contribution >= 4 is 0 Å². The Hall–Kier alpha value is -0.980. The van der Waals surface area contributed by atoms with E-state index in [0.717, 1.165) is 31.9 Å². The Bertz CT molecular complexity index is 136. The van der Waals surface area contributed by atoms with Gasteiger partial charge in [-0.3, -0.25) is 0 Å². The topological polar surface area (TPSA) is 20.2 Å². The summed E-state index contributed by atoms with van der Waals surface area (Å²) < 4.78 is 0. The van der Waals surface area contributed by atoms with Gasteiger partial charge in [0.2, 0.25) is 0 Å². The molecule has 0 aromatic heterocycles. The second-order valence-corrected chi connectivity index (χ2v) is 2.58. The van der Waals surface area contributed by atoms with Crippen LogP contribution in [0, 0.1) is 0 Å². The second-order valence-electron chi connectivity index (χ2n) is 2.58. The number of allylic oxidation sites excluding steroid dienone is 5. The summed E-state index contributed by atoms with van der Waals surface area (Å²) in [6.45, 7) is 2.04. The van der Waals surface area contributed by atoms with Gasteiger partial charge in [0.05, 0.1) is 6.26 Å². The molecule has 0 radical (unpaired) electrons. The molecule has 0 saturated heterocycles. The molecule has 0 rings (SSSR count). The Morgan fingerprint density at radius 2 is 1.33 bits per heavy atom. The predicted molar refractivity (Wildman–Crippen MR) is 54.2 cm³/mol. The lowest BCUT2D eigenvalue weighted by Gasteiger charge is -1.86. The van der Waals surface area contributed by atoms with Gasteiger partial charge in [0, 0.05) is 0 Å². The number of unbranched alkanes of at least 4 members (excludes halogenated alkanes) is 2. The molecule has 0 saturated carbocycles. The third-order valence-corrected chi connectivity index (χ3v) is 1.51. The van der Waals surface area contributed by atoms with Gasteiger partial charge >= 0.3 is 0 Å². The molecular formula is C11H18O. The van der Waals surface area contributed by atoms with E-state index in [1.165, 1.54) is 0 Å². The van der Waals surface area contributed by atoms with E-state index < -0.39 is 0 Å². The Balaban J connectivity index is 3.14. The van der Waals surface area contributed by atoms with E-state index in [1.807, 2.05) is 6.92 Å². The average molecular weight is 166 g/mol. The molecule has 0 unspecified atom stereocenters. The van der Waals surface area contributed by atoms with Crippen LogP contribution in [0.3, 0.4) is 0 Å². The molecule has 1 heteroatoms. The Morgan fingerprint density at radius 1 is 0.833 bits per heavy atom. The van der Waals surface area contributed by atoms with Crippen molar-refractivity contribution in [3.05, 3.63) is 36.6 Å². The van der Waals surface area contributed by atoms with Gasteiger partial charge in [0.1, 0.15) is 0 Å². The lowest BCUT2D eigenvalue weighted by atomic mass is 10.2. The first kappa shape index (κ1) is 11.0. The van der Waals surface area contributed by atoms with Crippen molar-refractivity contribution in [2.75, 3.05) is 0 Å². The van der Waals surface area contributed by atoms with Crippen LogP contribution in [0.4, 0.5) is 0 Å². The van der Waals surface area contributed by atoms with Crippen LogP contribution in [0.5, 0.6) is 0 Å². The van der Waals surface area contributed by atoms with Crippen LogP contribution in [-0.2, 0) is 0 Å². The highest BCUT2D eigenvalue weighted by Gasteiger charge is 1.77. The zero-order chi connectivity index (χ0) is 9.07. The summed E-state index contributed by atoms with van der Waals surface area (Å²) >= 11 is 0. The van der Waals surface area contributed by atoms with E-state index in [-0.39, 0.29) is 0 Å². The van der Waals surface area contributed by atoms with Crippen LogP contribution >= 0.6 is 0 Å². The molecule has 0 fully saturated rings. The molecular weight excluding hydrogens is 148 g/mol. The molecule has 68 valence electrons. The van der Waals surface area contributed by atoms with Crippen LogP contribution in [-0.4, -0.2) is 5.11 Å². The minimum absolute atomic E-state index is 0.927. The lowest BCUT2D eigenvalue weighted by Crippen LogP contribution is -1.67. The van der Waals surface area contributed by atoms with E-state index in [4.69, 9.17) is 5.11 Å². The SMILES string of the molecule is C/C=C/CC/C=C/CC/C=C/O. The first-order valence-electron chi connectivity index (χ1n) is 4.47. The lowest BCUT2D eigenvalue weighted by molar-refractivity contribution is 0.471. The fraction of sp³-hybridized carbons (Fsp3) is 0.455. The van der Waals surface area contributed by atoms with Crippen molar-refractivity contribution in [3.63, 3.8) is 0 Å². The summed E-state index contributed by atoms with van der Waals surface area (Å²) in [4.78, 5) is 0. The summed E-state index contributed by atoms with van der Waals surface area (Å²) in [5.41, 5.74) is 0. The normalized spacial score (nSPS) is 12.4. The third kappa shape index (κ3) is 9.02. The summed E-state index contributed by atoms with van der Waals surface area (Å²) in [5, 5.41) is 8.33. The molecule has 0 aliphatic rings. The first-order chi connectivity index (χ1) is 5.91. The van der Waals surface area contributed by atoms with E-state index in [1.54, 1.807) is 6.08 Å². The molecule has 0 aromatic carbocycles. The van der Waals surface area contributed by atoms with E-state index in [2.05, 4.69) is 24.3 Å². The summed E-state index contributed by atoms with van der Waals surface area (Å²) in [6.07, 6.45) is 15.6. The summed E-state index contributed by atoms with van der Waals surface area (Å²) in [6, 6.07) is 0. The zero-order valence-electron chi connectivity index (χ0n) is 7.74. The minimum atomic E-state index is 0.927. The number of aliphatic hydroxyl groups excluding tert-OH is 1. The molecule has 1 N–H and O–H groups in total. The molecule has 0 amide bonds. The highest BCUT2D eigenvalue weighted by Crippen LogP contribution is 1.97. The number of rotatable bonds is 6. The van der Waals surface area contributed by atoms with Crippen molar-refractivity contribution in [2.24, 2.45) is 0 Å². The van der Waals surface area contributed by atoms with Gasteiger partial charge in [0.15, 0.2) is 0 Å². The quantitative estimate of drug-likeness (QED) is 0.362. The monoisotopic (exact) mass is 166 g/mol. The van der Waals surface area contributed by atoms with Crippen molar-refractivity contribution in [2.45, 2.75) is 32.6 Å². The highest BCUT2D eigenvalue weighted by molar-refractivity contribution is 4.88. The molecule has 0 aromatic rings. The van der Waals surface area contributed by atoms with Crippen LogP contribution in [0.25, 0.3) is 0 Å². The Labute approximate surface area is 75.1 Å². The van der Waals surface area contributed by atoms with E-state index in [9.17, 15) is 0 Å². The summed E-state index contributed by atoms with van der Waals surface area (Å²) in [5.74, 6) is 0. The molecule has 0 bridgehead atoms. The van der Waals surface area contributed by atoms with E-state index >= 15 is 0 Å². The molecule has 1 nitrogen and oxygen atoms in total. The maximum Gasteiger partial charge on any atom is 0.0751 e. The molecule has 0 atom stereocenters. The third-order valence-electron chi connectivity index (χ3n) is 1.51. The van der Waals surface area contributed by atoms with Crippen molar-refractivity contribution < 1.29 is 5.11 Å². The Kier molecular flexibility index (Phi) is 9.20. The van der Waals surface area contributed by atoms with Gasteiger partial charge in [-0.2, -0.15) is 0 Å². The van der Waals surface area contributed by atoms with Crippen molar-refractivity contribution in [1.29, 1.82) is 0 Å². The Morgan fingerprint density at radius 3 is 1.83 bits per heavy atom. The maximum absolute atomic E-state index is 8.33. The fourth-order valence-corrected chi connectivity index (χ4v) is 0.862. The minimum Gasteiger partial charge on any atom is -0.516 e. The van der Waals surface area contributed by atoms with Crippen LogP contribution < -0.4 is 0 Å². The molecule has 0 spiro atoms. The van der Waals surface area contributed by atoms with E-state index in [0.29, 0.717) is 0 Å². The number of hydrogen-bond donors (Lipinski definition) is 1. The first-order valence-corrected chi connectivity index (χ1v) is 4.47. The number of hydrogen-bond acceptors (Lipinski definition) is 1. The second kappa shape index (κ2) is 10.0. The van der Waals surface area contributed by atoms with Crippen LogP contribution in [0.1, 0.15) is 32.6 Å². The predicted octanol–water partition coefficient (Wildman–Crippen LogP) is 3.75.